The van der Waals surface area contributed by atoms with Crippen LogP contribution in [0.2, 0.25) is 5.02 Å². The number of nitrogens with one attached hydrogen (secondary N) is 1. The molecule has 2 aromatic carbocycles. The van der Waals surface area contributed by atoms with Gasteiger partial charge in [-0.05, 0) is 35.9 Å². The molecule has 0 fully saturated rings. The van der Waals surface area contributed by atoms with Gasteiger partial charge >= 0.3 is 0 Å². The SMILES string of the molecule is Cn1ncc2cc(CNS(=O)(=O)c3ccc(Br)cc3Cl)ccc21. The van der Waals surface area contributed by atoms with Crippen molar-refractivity contribution in [1.29, 1.82) is 0 Å². The molecule has 0 unspecified atom stereocenters. The molecule has 0 aliphatic rings. The van der Waals surface area contributed by atoms with Gasteiger partial charge in [0, 0.05) is 23.5 Å². The molecule has 1 heterocycles. The minimum atomic E-state index is -3.68. The Morgan fingerprint density at radius 1 is 1.26 bits per heavy atom. The second-order valence-corrected chi connectivity index (χ2v) is 8.12. The minimum Gasteiger partial charge on any atom is -0.268 e. The third kappa shape index (κ3) is 3.42. The zero-order valence-corrected chi connectivity index (χ0v) is 15.3. The number of aryl methyl sites for hydroxylation is 1. The van der Waals surface area contributed by atoms with Gasteiger partial charge in [-0.15, -0.1) is 0 Å². The summed E-state index contributed by atoms with van der Waals surface area (Å²) in [7, 11) is -1.82. The number of sulfonamides is 1. The van der Waals surface area contributed by atoms with Crippen LogP contribution in [0.15, 0.2) is 52.0 Å². The molecule has 0 radical (unpaired) electrons. The highest BCUT2D eigenvalue weighted by molar-refractivity contribution is 9.10. The lowest BCUT2D eigenvalue weighted by molar-refractivity contribution is 0.581. The van der Waals surface area contributed by atoms with Crippen molar-refractivity contribution in [3.05, 3.63) is 57.7 Å². The van der Waals surface area contributed by atoms with Gasteiger partial charge in [-0.2, -0.15) is 5.10 Å². The number of halogens is 2. The van der Waals surface area contributed by atoms with Gasteiger partial charge in [-0.1, -0.05) is 33.6 Å². The number of nitrogens with zero attached hydrogens (tertiary/aromatic N) is 2. The van der Waals surface area contributed by atoms with Crippen LogP contribution >= 0.6 is 27.5 Å². The van der Waals surface area contributed by atoms with Gasteiger partial charge in [0.15, 0.2) is 0 Å². The van der Waals surface area contributed by atoms with E-state index in [0.717, 1.165) is 20.9 Å². The standard InChI is InChI=1S/C15H13BrClN3O2S/c1-20-14-4-2-10(6-11(14)9-18-20)8-19-23(21,22)15-5-3-12(16)7-13(15)17/h2-7,9,19H,8H2,1H3. The largest absolute Gasteiger partial charge is 0.268 e. The molecule has 1 aromatic heterocycles. The monoisotopic (exact) mass is 413 g/mol. The van der Waals surface area contributed by atoms with Crippen LogP contribution < -0.4 is 4.72 Å². The molecule has 120 valence electrons. The predicted molar refractivity (Wildman–Crippen MR) is 93.9 cm³/mol. The summed E-state index contributed by atoms with van der Waals surface area (Å²) >= 11 is 9.27. The zero-order valence-electron chi connectivity index (χ0n) is 12.1. The second kappa shape index (κ2) is 6.24. The van der Waals surface area contributed by atoms with Crippen LogP contribution in [-0.4, -0.2) is 18.2 Å². The molecule has 0 atom stereocenters. The summed E-state index contributed by atoms with van der Waals surface area (Å²) in [6.07, 6.45) is 1.75. The number of hydrogen-bond donors (Lipinski definition) is 1. The van der Waals surface area contributed by atoms with E-state index in [2.05, 4.69) is 25.8 Å². The van der Waals surface area contributed by atoms with Crippen molar-refractivity contribution >= 4 is 48.5 Å². The summed E-state index contributed by atoms with van der Waals surface area (Å²) in [6, 6.07) is 10.4. The quantitative estimate of drug-likeness (QED) is 0.711. The highest BCUT2D eigenvalue weighted by Crippen LogP contribution is 2.25. The van der Waals surface area contributed by atoms with Crippen LogP contribution in [0, 0.1) is 0 Å². The summed E-state index contributed by atoms with van der Waals surface area (Å²) in [4.78, 5) is 0.0600. The first kappa shape index (κ1) is 16.4. The average molecular weight is 415 g/mol. The van der Waals surface area contributed by atoms with Gasteiger partial charge in [0.2, 0.25) is 10.0 Å². The lowest BCUT2D eigenvalue weighted by Crippen LogP contribution is -2.23. The molecule has 5 nitrogen and oxygen atoms in total. The van der Waals surface area contributed by atoms with Gasteiger partial charge in [-0.3, -0.25) is 4.68 Å². The van der Waals surface area contributed by atoms with E-state index in [9.17, 15) is 8.42 Å². The zero-order chi connectivity index (χ0) is 16.6. The van der Waals surface area contributed by atoms with Gasteiger partial charge in [0.1, 0.15) is 4.90 Å². The fourth-order valence-electron chi connectivity index (χ4n) is 2.27. The molecule has 23 heavy (non-hydrogen) atoms. The molecule has 0 bridgehead atoms. The van der Waals surface area contributed by atoms with E-state index in [1.165, 1.54) is 6.07 Å². The minimum absolute atomic E-state index is 0.0600. The smallest absolute Gasteiger partial charge is 0.242 e. The van der Waals surface area contributed by atoms with Gasteiger partial charge in [0.05, 0.1) is 16.7 Å². The summed E-state index contributed by atoms with van der Waals surface area (Å²) < 4.78 is 29.8. The van der Waals surface area contributed by atoms with Gasteiger partial charge < -0.3 is 0 Å². The highest BCUT2D eigenvalue weighted by atomic mass is 79.9. The molecule has 8 heteroatoms. The van der Waals surface area contributed by atoms with Crippen molar-refractivity contribution in [2.75, 3.05) is 0 Å². The fraction of sp³-hybridized carbons (Fsp3) is 0.133. The van der Waals surface area contributed by atoms with Crippen molar-refractivity contribution < 1.29 is 8.42 Å². The summed E-state index contributed by atoms with van der Waals surface area (Å²) in [5, 5.41) is 5.31. The molecule has 1 N–H and O–H groups in total. The molecule has 0 aliphatic carbocycles. The first-order valence-electron chi connectivity index (χ1n) is 6.72. The van der Waals surface area contributed by atoms with E-state index >= 15 is 0 Å². The van der Waals surface area contributed by atoms with Gasteiger partial charge in [-0.25, -0.2) is 13.1 Å². The summed E-state index contributed by atoms with van der Waals surface area (Å²) in [6.45, 7) is 0.180. The fourth-order valence-corrected chi connectivity index (χ4v) is 4.33. The number of benzene rings is 2. The maximum absolute atomic E-state index is 12.4. The van der Waals surface area contributed by atoms with Crippen LogP contribution in [-0.2, 0) is 23.6 Å². The highest BCUT2D eigenvalue weighted by Gasteiger charge is 2.17. The molecule has 0 saturated heterocycles. The van der Waals surface area contributed by atoms with Crippen molar-refractivity contribution in [3.63, 3.8) is 0 Å². The Hall–Kier alpha value is -1.41. The number of fused-ring (bicyclic) bond motifs is 1. The normalized spacial score (nSPS) is 12.0. The molecular weight excluding hydrogens is 402 g/mol. The number of hydrogen-bond acceptors (Lipinski definition) is 3. The third-order valence-corrected chi connectivity index (χ3v) is 5.84. The molecule has 0 saturated carbocycles. The lowest BCUT2D eigenvalue weighted by atomic mass is 10.2. The van der Waals surface area contributed by atoms with Crippen LogP contribution in [0.3, 0.4) is 0 Å². The summed E-state index contributed by atoms with van der Waals surface area (Å²) in [5.74, 6) is 0. The molecule has 0 amide bonds. The van der Waals surface area contributed by atoms with Crippen molar-refractivity contribution in [3.8, 4) is 0 Å². The Labute approximate surface area is 147 Å². The first-order valence-corrected chi connectivity index (χ1v) is 9.37. The van der Waals surface area contributed by atoms with E-state index in [1.807, 2.05) is 25.2 Å². The Morgan fingerprint density at radius 3 is 2.78 bits per heavy atom. The van der Waals surface area contributed by atoms with E-state index in [4.69, 9.17) is 11.6 Å². The number of aromatic nitrogens is 2. The predicted octanol–water partition coefficient (Wildman–Crippen LogP) is 3.47. The molecular formula is C15H13BrClN3O2S. The lowest BCUT2D eigenvalue weighted by Gasteiger charge is -2.09. The maximum atomic E-state index is 12.4. The average Bonchev–Trinajstić information content (AvgIpc) is 2.86. The summed E-state index contributed by atoms with van der Waals surface area (Å²) in [5.41, 5.74) is 1.84. The van der Waals surface area contributed by atoms with Crippen molar-refractivity contribution in [2.45, 2.75) is 11.4 Å². The third-order valence-electron chi connectivity index (χ3n) is 3.46. The molecule has 0 aliphatic heterocycles. The van der Waals surface area contributed by atoms with Crippen LogP contribution in [0.4, 0.5) is 0 Å². The van der Waals surface area contributed by atoms with Crippen LogP contribution in [0.5, 0.6) is 0 Å². The van der Waals surface area contributed by atoms with E-state index in [1.54, 1.807) is 23.0 Å². The Kier molecular flexibility index (Phi) is 4.46. The number of rotatable bonds is 4. The van der Waals surface area contributed by atoms with E-state index in [-0.39, 0.29) is 16.5 Å². The van der Waals surface area contributed by atoms with Crippen molar-refractivity contribution in [2.24, 2.45) is 7.05 Å². The van der Waals surface area contributed by atoms with Crippen LogP contribution in [0.1, 0.15) is 5.56 Å². The van der Waals surface area contributed by atoms with E-state index in [0.29, 0.717) is 0 Å². The Bertz CT molecular complexity index is 986. The van der Waals surface area contributed by atoms with Crippen LogP contribution in [0.25, 0.3) is 10.9 Å². The topological polar surface area (TPSA) is 64.0 Å². The first-order chi connectivity index (χ1) is 10.9. The maximum Gasteiger partial charge on any atom is 0.242 e. The van der Waals surface area contributed by atoms with Crippen molar-refractivity contribution in [1.82, 2.24) is 14.5 Å². The second-order valence-electron chi connectivity index (χ2n) is 5.06. The molecule has 3 rings (SSSR count). The van der Waals surface area contributed by atoms with Gasteiger partial charge in [0.25, 0.3) is 0 Å². The van der Waals surface area contributed by atoms with E-state index < -0.39 is 10.0 Å². The Balaban J connectivity index is 1.82. The molecule has 3 aromatic rings. The Morgan fingerprint density at radius 2 is 2.04 bits per heavy atom. The molecule has 0 spiro atoms.